The number of amides is 3. The van der Waals surface area contributed by atoms with E-state index in [0.717, 1.165) is 4.90 Å². The molecule has 24 heavy (non-hydrogen) atoms. The van der Waals surface area contributed by atoms with Gasteiger partial charge < -0.3 is 5.32 Å². The lowest BCUT2D eigenvalue weighted by Crippen LogP contribution is -2.46. The monoisotopic (exact) mass is 330 g/mol. The number of nitrogens with zero attached hydrogens (tertiary/aromatic N) is 1. The normalized spacial score (nSPS) is 24.0. The van der Waals surface area contributed by atoms with Gasteiger partial charge in [-0.1, -0.05) is 18.2 Å². The Kier molecular flexibility index (Phi) is 4.22. The van der Waals surface area contributed by atoms with E-state index in [1.165, 1.54) is 19.1 Å². The van der Waals surface area contributed by atoms with Gasteiger partial charge in [0.25, 0.3) is 0 Å². The Labute approximate surface area is 139 Å². The van der Waals surface area contributed by atoms with Gasteiger partial charge in [0.15, 0.2) is 0 Å². The molecule has 1 aliphatic carbocycles. The van der Waals surface area contributed by atoms with Crippen molar-refractivity contribution in [2.75, 3.05) is 5.32 Å². The highest BCUT2D eigenvalue weighted by Gasteiger charge is 2.50. The molecule has 1 aromatic rings. The molecule has 1 aliphatic heterocycles. The average molecular weight is 330 g/mol. The molecule has 1 saturated heterocycles. The summed E-state index contributed by atoms with van der Waals surface area (Å²) in [6.07, 6.45) is 4.86. The minimum absolute atomic E-state index is 0.298. The van der Waals surface area contributed by atoms with E-state index in [-0.39, 0.29) is 23.7 Å². The van der Waals surface area contributed by atoms with Crippen molar-refractivity contribution in [3.05, 3.63) is 41.7 Å². The van der Waals surface area contributed by atoms with Crippen LogP contribution in [0, 0.1) is 24.6 Å². The summed E-state index contributed by atoms with van der Waals surface area (Å²) in [7, 11) is 0. The van der Waals surface area contributed by atoms with Crippen LogP contribution in [0.15, 0.2) is 30.4 Å². The highest BCUT2D eigenvalue weighted by atomic mass is 19.1. The Bertz CT molecular complexity index is 718. The molecule has 0 aromatic heterocycles. The van der Waals surface area contributed by atoms with Gasteiger partial charge in [0.1, 0.15) is 11.9 Å². The quantitative estimate of drug-likeness (QED) is 0.684. The van der Waals surface area contributed by atoms with Gasteiger partial charge >= 0.3 is 0 Å². The molecule has 1 fully saturated rings. The molecule has 0 radical (unpaired) electrons. The van der Waals surface area contributed by atoms with Crippen LogP contribution >= 0.6 is 0 Å². The number of fused-ring (bicyclic) bond motifs is 1. The van der Waals surface area contributed by atoms with E-state index < -0.39 is 17.8 Å². The van der Waals surface area contributed by atoms with Crippen LogP contribution in [0.4, 0.5) is 10.1 Å². The highest BCUT2D eigenvalue weighted by Crippen LogP contribution is 2.36. The number of likely N-dealkylation sites (tertiary alicyclic amines) is 1. The number of halogens is 1. The van der Waals surface area contributed by atoms with Gasteiger partial charge in [0, 0.05) is 5.69 Å². The highest BCUT2D eigenvalue weighted by molar-refractivity contribution is 6.10. The van der Waals surface area contributed by atoms with E-state index in [4.69, 9.17) is 0 Å². The molecule has 2 unspecified atom stereocenters. The molecule has 3 rings (SSSR count). The van der Waals surface area contributed by atoms with Crippen molar-refractivity contribution < 1.29 is 18.8 Å². The Morgan fingerprint density at radius 3 is 2.38 bits per heavy atom. The second kappa shape index (κ2) is 6.19. The molecule has 3 amide bonds. The van der Waals surface area contributed by atoms with Gasteiger partial charge in [-0.2, -0.15) is 0 Å². The lowest BCUT2D eigenvalue weighted by molar-refractivity contribution is -0.146. The molecule has 1 heterocycles. The maximum Gasteiger partial charge on any atom is 0.247 e. The molecule has 3 atom stereocenters. The van der Waals surface area contributed by atoms with Crippen LogP contribution in [0.5, 0.6) is 0 Å². The third kappa shape index (κ3) is 2.72. The Morgan fingerprint density at radius 2 is 1.79 bits per heavy atom. The summed E-state index contributed by atoms with van der Waals surface area (Å²) in [6.45, 7) is 3.26. The second-order valence-corrected chi connectivity index (χ2v) is 6.33. The largest absolute Gasteiger partial charge is 0.324 e. The van der Waals surface area contributed by atoms with E-state index in [2.05, 4.69) is 5.32 Å². The number of nitrogens with one attached hydrogen (secondary N) is 1. The van der Waals surface area contributed by atoms with Gasteiger partial charge in [0.2, 0.25) is 17.7 Å². The van der Waals surface area contributed by atoms with Crippen molar-refractivity contribution in [2.45, 2.75) is 32.7 Å². The lowest BCUT2D eigenvalue weighted by Gasteiger charge is -2.22. The third-order valence-electron chi connectivity index (χ3n) is 4.77. The van der Waals surface area contributed by atoms with E-state index in [9.17, 15) is 18.8 Å². The number of aryl methyl sites for hydroxylation is 1. The summed E-state index contributed by atoms with van der Waals surface area (Å²) in [4.78, 5) is 38.5. The second-order valence-electron chi connectivity index (χ2n) is 6.33. The molecular formula is C18H19FN2O3. The van der Waals surface area contributed by atoms with Gasteiger partial charge in [-0.3, -0.25) is 19.3 Å². The van der Waals surface area contributed by atoms with E-state index in [1.54, 1.807) is 13.0 Å². The van der Waals surface area contributed by atoms with Crippen molar-refractivity contribution in [3.63, 3.8) is 0 Å². The van der Waals surface area contributed by atoms with Crippen LogP contribution in [-0.2, 0) is 14.4 Å². The number of benzene rings is 1. The minimum atomic E-state index is -0.932. The van der Waals surface area contributed by atoms with Crippen LogP contribution in [0.25, 0.3) is 0 Å². The molecule has 5 nitrogen and oxygen atoms in total. The van der Waals surface area contributed by atoms with Crippen molar-refractivity contribution in [3.8, 4) is 0 Å². The van der Waals surface area contributed by atoms with Crippen molar-refractivity contribution in [1.29, 1.82) is 0 Å². The fourth-order valence-corrected chi connectivity index (χ4v) is 3.29. The Morgan fingerprint density at radius 1 is 1.21 bits per heavy atom. The molecule has 1 N–H and O–H groups in total. The van der Waals surface area contributed by atoms with E-state index in [0.29, 0.717) is 24.1 Å². The lowest BCUT2D eigenvalue weighted by atomic mass is 9.85. The summed E-state index contributed by atoms with van der Waals surface area (Å²) in [5.41, 5.74) is 1.04. The maximum atomic E-state index is 13.3. The summed E-state index contributed by atoms with van der Waals surface area (Å²) in [6, 6.07) is 3.15. The Hall–Kier alpha value is -2.50. The molecule has 0 saturated carbocycles. The fraction of sp³-hybridized carbons (Fsp3) is 0.389. The molecule has 0 spiro atoms. The summed E-state index contributed by atoms with van der Waals surface area (Å²) in [5.74, 6) is -2.30. The van der Waals surface area contributed by atoms with Gasteiger partial charge in [-0.25, -0.2) is 4.39 Å². The van der Waals surface area contributed by atoms with Crippen molar-refractivity contribution in [1.82, 2.24) is 4.90 Å². The predicted molar refractivity (Wildman–Crippen MR) is 86.4 cm³/mol. The minimum Gasteiger partial charge on any atom is -0.324 e. The maximum absolute atomic E-state index is 13.3. The van der Waals surface area contributed by atoms with Crippen LogP contribution < -0.4 is 5.32 Å². The molecule has 126 valence electrons. The zero-order valence-electron chi connectivity index (χ0n) is 13.6. The van der Waals surface area contributed by atoms with Crippen LogP contribution in [-0.4, -0.2) is 28.7 Å². The summed E-state index contributed by atoms with van der Waals surface area (Å²) >= 11 is 0. The van der Waals surface area contributed by atoms with E-state index >= 15 is 0 Å². The number of carbonyl (C=O) groups excluding carboxylic acids is 3. The zero-order valence-corrected chi connectivity index (χ0v) is 13.6. The number of imide groups is 1. The number of hydrogen-bond acceptors (Lipinski definition) is 3. The zero-order chi connectivity index (χ0) is 17.4. The SMILES string of the molecule is Cc1ccc(F)cc1NC(=O)[C@H](C)N1C(=O)C2CC=CCC2C1=O. The Balaban J connectivity index is 1.77. The number of hydrogen-bond donors (Lipinski definition) is 1. The average Bonchev–Trinajstić information content (AvgIpc) is 2.82. The first-order valence-corrected chi connectivity index (χ1v) is 7.99. The third-order valence-corrected chi connectivity index (χ3v) is 4.77. The van der Waals surface area contributed by atoms with E-state index in [1.807, 2.05) is 12.2 Å². The standard InChI is InChI=1S/C18H19FN2O3/c1-10-7-8-12(19)9-15(10)20-16(22)11(2)21-17(23)13-5-3-4-6-14(13)18(21)24/h3-4,7-9,11,13-14H,5-6H2,1-2H3,(H,20,22)/t11-,13?,14?/m0/s1. The first kappa shape index (κ1) is 16.4. The van der Waals surface area contributed by atoms with Gasteiger partial charge in [0.05, 0.1) is 11.8 Å². The number of carbonyl (C=O) groups is 3. The summed E-state index contributed by atoms with van der Waals surface area (Å²) < 4.78 is 13.3. The fourth-order valence-electron chi connectivity index (χ4n) is 3.29. The molecule has 6 heteroatoms. The van der Waals surface area contributed by atoms with Crippen LogP contribution in [0.3, 0.4) is 0 Å². The van der Waals surface area contributed by atoms with Crippen molar-refractivity contribution in [2.24, 2.45) is 11.8 Å². The van der Waals surface area contributed by atoms with Gasteiger partial charge in [-0.05, 0) is 44.4 Å². The molecule has 0 bridgehead atoms. The van der Waals surface area contributed by atoms with Crippen LogP contribution in [0.1, 0.15) is 25.3 Å². The molecule has 2 aliphatic rings. The number of rotatable bonds is 3. The number of anilines is 1. The number of allylic oxidation sites excluding steroid dienone is 2. The van der Waals surface area contributed by atoms with Crippen LogP contribution in [0.2, 0.25) is 0 Å². The molecular weight excluding hydrogens is 311 g/mol. The topological polar surface area (TPSA) is 66.5 Å². The predicted octanol–water partition coefficient (Wildman–Crippen LogP) is 2.41. The van der Waals surface area contributed by atoms with Crippen molar-refractivity contribution >= 4 is 23.4 Å². The van der Waals surface area contributed by atoms with Gasteiger partial charge in [-0.15, -0.1) is 0 Å². The smallest absolute Gasteiger partial charge is 0.247 e. The summed E-state index contributed by atoms with van der Waals surface area (Å²) in [5, 5.41) is 2.61. The first-order chi connectivity index (χ1) is 11.4. The first-order valence-electron chi connectivity index (χ1n) is 7.99. The molecule has 1 aromatic carbocycles.